The summed E-state index contributed by atoms with van der Waals surface area (Å²) in [5.74, 6) is -0.473. The predicted molar refractivity (Wildman–Crippen MR) is 120 cm³/mol. The molecule has 2 amide bonds. The molecule has 1 heterocycles. The number of carbonyl (C=O) groups excluding carboxylic acids is 2. The van der Waals surface area contributed by atoms with Crippen LogP contribution in [0.3, 0.4) is 0 Å². The van der Waals surface area contributed by atoms with Crippen LogP contribution in [0.5, 0.6) is 0 Å². The Labute approximate surface area is 178 Å². The SMILES string of the molecule is CCOCCCN1C(=O)C(c2ccc(C)c(C)c2)=C(N(CC)c2ccccc2)C1=O. The van der Waals surface area contributed by atoms with Gasteiger partial charge in [0, 0.05) is 32.0 Å². The van der Waals surface area contributed by atoms with Gasteiger partial charge in [-0.15, -0.1) is 0 Å². The van der Waals surface area contributed by atoms with E-state index >= 15 is 0 Å². The van der Waals surface area contributed by atoms with Crippen LogP contribution in [0, 0.1) is 13.8 Å². The molecular formula is C25H30N2O3. The number of para-hydroxylation sites is 1. The molecule has 5 nitrogen and oxygen atoms in total. The summed E-state index contributed by atoms with van der Waals surface area (Å²) in [5, 5.41) is 0. The smallest absolute Gasteiger partial charge is 0.278 e. The fourth-order valence-electron chi connectivity index (χ4n) is 3.72. The quantitative estimate of drug-likeness (QED) is 0.459. The lowest BCUT2D eigenvalue weighted by molar-refractivity contribution is -0.137. The lowest BCUT2D eigenvalue weighted by atomic mass is 9.99. The molecule has 1 aliphatic rings. The first-order chi connectivity index (χ1) is 14.5. The van der Waals surface area contributed by atoms with E-state index in [0.29, 0.717) is 44.0 Å². The van der Waals surface area contributed by atoms with E-state index in [9.17, 15) is 9.59 Å². The van der Waals surface area contributed by atoms with Crippen LogP contribution >= 0.6 is 0 Å². The summed E-state index contributed by atoms with van der Waals surface area (Å²) >= 11 is 0. The number of likely N-dealkylation sites (N-methyl/N-ethyl adjacent to an activating group) is 1. The molecular weight excluding hydrogens is 376 g/mol. The van der Waals surface area contributed by atoms with E-state index in [0.717, 1.165) is 22.4 Å². The number of benzene rings is 2. The van der Waals surface area contributed by atoms with Crippen molar-refractivity contribution >= 4 is 23.1 Å². The molecule has 30 heavy (non-hydrogen) atoms. The number of nitrogens with zero attached hydrogens (tertiary/aromatic N) is 2. The molecule has 0 radical (unpaired) electrons. The highest BCUT2D eigenvalue weighted by atomic mass is 16.5. The molecule has 0 unspecified atom stereocenters. The van der Waals surface area contributed by atoms with E-state index in [1.807, 2.05) is 81.1 Å². The van der Waals surface area contributed by atoms with Crippen LogP contribution in [0.25, 0.3) is 5.57 Å². The Kier molecular flexibility index (Phi) is 7.06. The fraction of sp³-hybridized carbons (Fsp3) is 0.360. The number of aryl methyl sites for hydroxylation is 2. The Bertz CT molecular complexity index is 950. The first kappa shape index (κ1) is 21.8. The van der Waals surface area contributed by atoms with Crippen molar-refractivity contribution in [3.8, 4) is 0 Å². The van der Waals surface area contributed by atoms with E-state index < -0.39 is 0 Å². The van der Waals surface area contributed by atoms with Crippen LogP contribution in [0.1, 0.15) is 37.0 Å². The van der Waals surface area contributed by atoms with Crippen LogP contribution < -0.4 is 4.90 Å². The third kappa shape index (κ3) is 4.31. The minimum absolute atomic E-state index is 0.232. The summed E-state index contributed by atoms with van der Waals surface area (Å²) < 4.78 is 5.40. The standard InChI is InChI=1S/C25H30N2O3/c1-5-26(21-11-8-7-9-12-21)23-22(20-14-13-18(3)19(4)17-20)24(28)27(25(23)29)15-10-16-30-6-2/h7-9,11-14,17H,5-6,10,15-16H2,1-4H3. The van der Waals surface area contributed by atoms with Crippen LogP contribution in [-0.2, 0) is 14.3 Å². The Morgan fingerprint density at radius 1 is 0.933 bits per heavy atom. The Balaban J connectivity index is 2.07. The van der Waals surface area contributed by atoms with Gasteiger partial charge < -0.3 is 9.64 Å². The molecule has 0 saturated carbocycles. The number of anilines is 1. The first-order valence-corrected chi connectivity index (χ1v) is 10.6. The minimum Gasteiger partial charge on any atom is -0.382 e. The minimum atomic E-state index is -0.240. The maximum absolute atomic E-state index is 13.5. The molecule has 5 heteroatoms. The monoisotopic (exact) mass is 406 g/mol. The highest BCUT2D eigenvalue weighted by Gasteiger charge is 2.41. The second kappa shape index (κ2) is 9.72. The third-order valence-corrected chi connectivity index (χ3v) is 5.47. The topological polar surface area (TPSA) is 49.9 Å². The van der Waals surface area contributed by atoms with Gasteiger partial charge in [0.1, 0.15) is 5.70 Å². The predicted octanol–water partition coefficient (Wildman–Crippen LogP) is 4.34. The Morgan fingerprint density at radius 2 is 1.67 bits per heavy atom. The van der Waals surface area contributed by atoms with Gasteiger partial charge in [0.25, 0.3) is 11.8 Å². The highest BCUT2D eigenvalue weighted by Crippen LogP contribution is 2.34. The molecule has 0 spiro atoms. The number of ether oxygens (including phenoxy) is 1. The number of hydrogen-bond donors (Lipinski definition) is 0. The maximum atomic E-state index is 13.5. The van der Waals surface area contributed by atoms with Crippen molar-refractivity contribution in [2.45, 2.75) is 34.1 Å². The molecule has 3 rings (SSSR count). The van der Waals surface area contributed by atoms with Gasteiger partial charge in [0.05, 0.1) is 5.57 Å². The van der Waals surface area contributed by atoms with Crippen LogP contribution in [0.4, 0.5) is 5.69 Å². The van der Waals surface area contributed by atoms with E-state index in [-0.39, 0.29) is 11.8 Å². The zero-order valence-corrected chi connectivity index (χ0v) is 18.3. The average Bonchev–Trinajstić information content (AvgIpc) is 2.99. The van der Waals surface area contributed by atoms with Crippen molar-refractivity contribution in [1.29, 1.82) is 0 Å². The number of hydrogen-bond acceptors (Lipinski definition) is 4. The van der Waals surface area contributed by atoms with Crippen LogP contribution in [0.15, 0.2) is 54.2 Å². The number of imide groups is 1. The van der Waals surface area contributed by atoms with Gasteiger partial charge in [-0.05, 0) is 62.9 Å². The Morgan fingerprint density at radius 3 is 2.30 bits per heavy atom. The lowest BCUT2D eigenvalue weighted by Crippen LogP contribution is -2.36. The summed E-state index contributed by atoms with van der Waals surface area (Å²) in [7, 11) is 0. The second-order valence-corrected chi connectivity index (χ2v) is 7.41. The van der Waals surface area contributed by atoms with Crippen LogP contribution in [-0.4, -0.2) is 43.0 Å². The summed E-state index contributed by atoms with van der Waals surface area (Å²) in [4.78, 5) is 30.2. The van der Waals surface area contributed by atoms with Gasteiger partial charge in [-0.25, -0.2) is 0 Å². The highest BCUT2D eigenvalue weighted by molar-refractivity contribution is 6.36. The Hall–Kier alpha value is -2.92. The molecule has 0 atom stereocenters. The molecule has 0 aliphatic carbocycles. The molecule has 1 aliphatic heterocycles. The van der Waals surface area contributed by atoms with Crippen LogP contribution in [0.2, 0.25) is 0 Å². The van der Waals surface area contributed by atoms with Crippen molar-refractivity contribution in [1.82, 2.24) is 4.90 Å². The average molecular weight is 407 g/mol. The zero-order chi connectivity index (χ0) is 21.7. The summed E-state index contributed by atoms with van der Waals surface area (Å²) in [6.45, 7) is 10.1. The van der Waals surface area contributed by atoms with Crippen molar-refractivity contribution in [3.05, 3.63) is 70.9 Å². The number of amides is 2. The van der Waals surface area contributed by atoms with Gasteiger partial charge in [0.15, 0.2) is 0 Å². The number of carbonyl (C=O) groups is 2. The van der Waals surface area contributed by atoms with Gasteiger partial charge in [0.2, 0.25) is 0 Å². The van der Waals surface area contributed by atoms with Gasteiger partial charge >= 0.3 is 0 Å². The van der Waals surface area contributed by atoms with E-state index in [1.165, 1.54) is 4.90 Å². The van der Waals surface area contributed by atoms with Crippen molar-refractivity contribution in [2.24, 2.45) is 0 Å². The third-order valence-electron chi connectivity index (χ3n) is 5.47. The molecule has 2 aromatic carbocycles. The fourth-order valence-corrected chi connectivity index (χ4v) is 3.72. The lowest BCUT2D eigenvalue weighted by Gasteiger charge is -2.25. The van der Waals surface area contributed by atoms with Crippen molar-refractivity contribution < 1.29 is 14.3 Å². The zero-order valence-electron chi connectivity index (χ0n) is 18.3. The normalized spacial score (nSPS) is 14.1. The van der Waals surface area contributed by atoms with E-state index in [4.69, 9.17) is 4.74 Å². The van der Waals surface area contributed by atoms with E-state index in [1.54, 1.807) is 0 Å². The summed E-state index contributed by atoms with van der Waals surface area (Å²) in [5.41, 5.74) is 4.86. The second-order valence-electron chi connectivity index (χ2n) is 7.41. The molecule has 0 fully saturated rings. The molecule has 0 bridgehead atoms. The van der Waals surface area contributed by atoms with Gasteiger partial charge in [-0.1, -0.05) is 36.4 Å². The van der Waals surface area contributed by atoms with Gasteiger partial charge in [-0.3, -0.25) is 14.5 Å². The summed E-state index contributed by atoms with van der Waals surface area (Å²) in [6.07, 6.45) is 0.621. The number of rotatable bonds is 9. The van der Waals surface area contributed by atoms with Crippen molar-refractivity contribution in [2.75, 3.05) is 31.2 Å². The molecule has 0 saturated heterocycles. The summed E-state index contributed by atoms with van der Waals surface area (Å²) in [6, 6.07) is 15.7. The van der Waals surface area contributed by atoms with Gasteiger partial charge in [-0.2, -0.15) is 0 Å². The first-order valence-electron chi connectivity index (χ1n) is 10.6. The largest absolute Gasteiger partial charge is 0.382 e. The molecule has 158 valence electrons. The maximum Gasteiger partial charge on any atom is 0.278 e. The molecule has 0 aromatic heterocycles. The van der Waals surface area contributed by atoms with Crippen molar-refractivity contribution in [3.63, 3.8) is 0 Å². The molecule has 2 aromatic rings. The van der Waals surface area contributed by atoms with E-state index in [2.05, 4.69) is 0 Å². The molecule has 0 N–H and O–H groups in total.